The van der Waals surface area contributed by atoms with Gasteiger partial charge < -0.3 is 0 Å². The molecule has 0 aliphatic heterocycles. The number of hydrogen-bond donors (Lipinski definition) is 0. The van der Waals surface area contributed by atoms with Gasteiger partial charge in [0.05, 0.1) is 5.69 Å². The second-order valence-corrected chi connectivity index (χ2v) is 2.77. The second-order valence-electron chi connectivity index (χ2n) is 2.77. The van der Waals surface area contributed by atoms with Crippen LogP contribution in [0.3, 0.4) is 0 Å². The molecule has 84 valence electrons. The third-order valence-corrected chi connectivity index (χ3v) is 1.87. The van der Waals surface area contributed by atoms with Gasteiger partial charge in [-0.1, -0.05) is 33.8 Å². The lowest BCUT2D eigenvalue weighted by Gasteiger charge is -2.07. The van der Waals surface area contributed by atoms with Crippen LogP contribution in [0.2, 0.25) is 0 Å². The van der Waals surface area contributed by atoms with Crippen molar-refractivity contribution in [1.82, 2.24) is 9.97 Å². The summed E-state index contributed by atoms with van der Waals surface area (Å²) in [6, 6.07) is 0. The highest BCUT2D eigenvalue weighted by atomic mass is 14.9. The second kappa shape index (κ2) is 8.16. The molecule has 15 heavy (non-hydrogen) atoms. The first-order chi connectivity index (χ1) is 7.36. The summed E-state index contributed by atoms with van der Waals surface area (Å²) in [5.41, 5.74) is 2.38. The van der Waals surface area contributed by atoms with E-state index in [4.69, 9.17) is 0 Å². The molecule has 0 radical (unpaired) electrons. The number of allylic oxidation sites excluding steroid dienone is 1. The van der Waals surface area contributed by atoms with Gasteiger partial charge in [-0.25, -0.2) is 9.97 Å². The zero-order valence-electron chi connectivity index (χ0n) is 10.5. The first kappa shape index (κ1) is 13.8. The van der Waals surface area contributed by atoms with Crippen molar-refractivity contribution in [2.24, 2.45) is 0 Å². The van der Waals surface area contributed by atoms with E-state index >= 15 is 0 Å². The lowest BCUT2D eigenvalue weighted by atomic mass is 10.0. The smallest absolute Gasteiger partial charge is 0.125 e. The van der Waals surface area contributed by atoms with E-state index in [1.165, 1.54) is 5.56 Å². The molecule has 1 aliphatic rings. The Morgan fingerprint density at radius 3 is 2.47 bits per heavy atom. The number of hydrogen-bond acceptors (Lipinski definition) is 2. The summed E-state index contributed by atoms with van der Waals surface area (Å²) in [7, 11) is 0. The van der Waals surface area contributed by atoms with E-state index in [1.54, 1.807) is 0 Å². The molecule has 0 N–H and O–H groups in total. The maximum atomic E-state index is 4.32. The third-order valence-electron chi connectivity index (χ3n) is 1.87. The summed E-state index contributed by atoms with van der Waals surface area (Å²) < 4.78 is 0. The first-order valence-electron chi connectivity index (χ1n) is 5.85. The van der Waals surface area contributed by atoms with Crippen molar-refractivity contribution in [2.75, 3.05) is 0 Å². The van der Waals surface area contributed by atoms with Crippen LogP contribution in [0.15, 0.2) is 12.3 Å². The molecular formula is C13H22N2. The summed E-state index contributed by atoms with van der Waals surface area (Å²) in [6.45, 7) is 9.92. The number of rotatable bonds is 0. The van der Waals surface area contributed by atoms with Crippen LogP contribution in [-0.2, 0) is 6.42 Å². The molecule has 2 nitrogen and oxygen atoms in total. The molecule has 2 heteroatoms. The normalized spacial score (nSPS) is 11.5. The predicted octanol–water partition coefficient (Wildman–Crippen LogP) is 3.80. The molecule has 1 aromatic heterocycles. The molecule has 0 bridgehead atoms. The molecule has 0 fully saturated rings. The van der Waals surface area contributed by atoms with Crippen LogP contribution in [0.4, 0.5) is 0 Å². The Kier molecular flexibility index (Phi) is 7.51. The molecular weight excluding hydrogens is 184 g/mol. The summed E-state index contributed by atoms with van der Waals surface area (Å²) >= 11 is 0. The summed E-state index contributed by atoms with van der Waals surface area (Å²) in [4.78, 5) is 8.46. The molecule has 0 atom stereocenters. The van der Waals surface area contributed by atoms with Crippen LogP contribution < -0.4 is 0 Å². The largest absolute Gasteiger partial charge is 0.241 e. The SMILES string of the molecule is CC.CC.Cc1ncc2c(n1)C=CCC2. The van der Waals surface area contributed by atoms with E-state index in [9.17, 15) is 0 Å². The fraction of sp³-hybridized carbons (Fsp3) is 0.538. The van der Waals surface area contributed by atoms with Gasteiger partial charge >= 0.3 is 0 Å². The van der Waals surface area contributed by atoms with Gasteiger partial charge in [0.1, 0.15) is 5.82 Å². The standard InChI is InChI=1S/C9H10N2.2C2H6/c1-7-10-6-8-4-2-3-5-9(8)11-7;2*1-2/h3,5-6H,2,4H2,1H3;2*1-2H3. The zero-order valence-corrected chi connectivity index (χ0v) is 10.5. The average Bonchev–Trinajstić information content (AvgIpc) is 2.34. The quantitative estimate of drug-likeness (QED) is 0.645. The van der Waals surface area contributed by atoms with Crippen LogP contribution in [0.5, 0.6) is 0 Å². The van der Waals surface area contributed by atoms with Gasteiger partial charge in [0, 0.05) is 6.20 Å². The van der Waals surface area contributed by atoms with Crippen LogP contribution in [-0.4, -0.2) is 9.97 Å². The van der Waals surface area contributed by atoms with Crippen molar-refractivity contribution in [3.63, 3.8) is 0 Å². The number of aromatic nitrogens is 2. The van der Waals surface area contributed by atoms with E-state index < -0.39 is 0 Å². The number of aryl methyl sites for hydroxylation is 2. The third kappa shape index (κ3) is 4.24. The van der Waals surface area contributed by atoms with Gasteiger partial charge in [-0.3, -0.25) is 0 Å². The molecule has 0 spiro atoms. The minimum absolute atomic E-state index is 0.857. The monoisotopic (exact) mass is 206 g/mol. The van der Waals surface area contributed by atoms with Crippen LogP contribution >= 0.6 is 0 Å². The molecule has 0 amide bonds. The highest BCUT2D eigenvalue weighted by Crippen LogP contribution is 2.15. The average molecular weight is 206 g/mol. The number of fused-ring (bicyclic) bond motifs is 1. The Morgan fingerprint density at radius 2 is 1.80 bits per heavy atom. The molecule has 0 aromatic carbocycles. The van der Waals surface area contributed by atoms with Gasteiger partial charge in [0.15, 0.2) is 0 Å². The minimum atomic E-state index is 0.857. The molecule has 0 saturated carbocycles. The predicted molar refractivity (Wildman–Crippen MR) is 66.8 cm³/mol. The fourth-order valence-corrected chi connectivity index (χ4v) is 1.28. The van der Waals surface area contributed by atoms with Crippen molar-refractivity contribution in [2.45, 2.75) is 47.5 Å². The Hall–Kier alpha value is -1.18. The number of nitrogens with zero attached hydrogens (tertiary/aromatic N) is 2. The Balaban J connectivity index is 0.000000442. The Labute approximate surface area is 93.5 Å². The van der Waals surface area contributed by atoms with Gasteiger partial charge in [-0.2, -0.15) is 0 Å². The van der Waals surface area contributed by atoms with Crippen molar-refractivity contribution < 1.29 is 0 Å². The summed E-state index contributed by atoms with van der Waals surface area (Å²) in [5.74, 6) is 0.857. The molecule has 1 heterocycles. The highest BCUT2D eigenvalue weighted by Gasteiger charge is 2.04. The molecule has 2 rings (SSSR count). The lowest BCUT2D eigenvalue weighted by molar-refractivity contribution is 0.916. The van der Waals surface area contributed by atoms with E-state index in [-0.39, 0.29) is 0 Å². The molecule has 0 unspecified atom stereocenters. The first-order valence-corrected chi connectivity index (χ1v) is 5.85. The van der Waals surface area contributed by atoms with Gasteiger partial charge in [0.25, 0.3) is 0 Å². The summed E-state index contributed by atoms with van der Waals surface area (Å²) in [6.07, 6.45) is 8.38. The van der Waals surface area contributed by atoms with Crippen LogP contribution in [0.25, 0.3) is 6.08 Å². The maximum absolute atomic E-state index is 4.32. The van der Waals surface area contributed by atoms with Crippen molar-refractivity contribution in [3.05, 3.63) is 29.4 Å². The van der Waals surface area contributed by atoms with Crippen LogP contribution in [0.1, 0.15) is 51.2 Å². The fourth-order valence-electron chi connectivity index (χ4n) is 1.28. The highest BCUT2D eigenvalue weighted by molar-refractivity contribution is 5.51. The van der Waals surface area contributed by atoms with Crippen molar-refractivity contribution in [1.29, 1.82) is 0 Å². The van der Waals surface area contributed by atoms with Gasteiger partial charge in [-0.15, -0.1) is 0 Å². The van der Waals surface area contributed by atoms with Crippen LogP contribution in [0, 0.1) is 6.92 Å². The minimum Gasteiger partial charge on any atom is -0.241 e. The van der Waals surface area contributed by atoms with E-state index in [0.29, 0.717) is 0 Å². The maximum Gasteiger partial charge on any atom is 0.125 e. The lowest BCUT2D eigenvalue weighted by Crippen LogP contribution is -2.00. The summed E-state index contributed by atoms with van der Waals surface area (Å²) in [5, 5.41) is 0. The Morgan fingerprint density at radius 1 is 1.13 bits per heavy atom. The van der Waals surface area contributed by atoms with Crippen molar-refractivity contribution in [3.8, 4) is 0 Å². The van der Waals surface area contributed by atoms with E-state index in [1.807, 2.05) is 40.8 Å². The topological polar surface area (TPSA) is 25.8 Å². The zero-order chi connectivity index (χ0) is 11.7. The Bertz CT molecular complexity index is 303. The van der Waals surface area contributed by atoms with E-state index in [2.05, 4.69) is 22.1 Å². The molecule has 1 aliphatic carbocycles. The molecule has 0 saturated heterocycles. The van der Waals surface area contributed by atoms with Gasteiger partial charge in [-0.05, 0) is 31.4 Å². The van der Waals surface area contributed by atoms with Crippen molar-refractivity contribution >= 4 is 6.08 Å². The molecule has 1 aromatic rings. The van der Waals surface area contributed by atoms with Gasteiger partial charge in [0.2, 0.25) is 0 Å². The van der Waals surface area contributed by atoms with E-state index in [0.717, 1.165) is 24.4 Å².